The third-order valence-electron chi connectivity index (χ3n) is 4.66. The summed E-state index contributed by atoms with van der Waals surface area (Å²) in [5.41, 5.74) is 0. The molecule has 0 N–H and O–H groups in total. The SMILES string of the molecule is CC(=O)N(C)C1CCN(C(=O)CCCS(=O)c2ccc(Br)cc2)CC1. The Morgan fingerprint density at radius 1 is 1.24 bits per heavy atom. The molecule has 1 heterocycles. The Bertz CT molecular complexity index is 628. The summed E-state index contributed by atoms with van der Waals surface area (Å²) < 4.78 is 13.2. The molecule has 1 aliphatic heterocycles. The number of hydrogen-bond donors (Lipinski definition) is 0. The quantitative estimate of drug-likeness (QED) is 0.699. The molecule has 2 amide bonds. The molecule has 0 spiro atoms. The second kappa shape index (κ2) is 9.48. The van der Waals surface area contributed by atoms with E-state index in [4.69, 9.17) is 0 Å². The number of nitrogens with zero attached hydrogens (tertiary/aromatic N) is 2. The van der Waals surface area contributed by atoms with E-state index in [1.54, 1.807) is 11.8 Å². The van der Waals surface area contributed by atoms with E-state index in [0.29, 0.717) is 31.7 Å². The topological polar surface area (TPSA) is 57.7 Å². The summed E-state index contributed by atoms with van der Waals surface area (Å²) in [5.74, 6) is 0.689. The van der Waals surface area contributed by atoms with Crippen molar-refractivity contribution in [1.29, 1.82) is 0 Å². The van der Waals surface area contributed by atoms with E-state index >= 15 is 0 Å². The van der Waals surface area contributed by atoms with Gasteiger partial charge >= 0.3 is 0 Å². The van der Waals surface area contributed by atoms with Crippen LogP contribution in [-0.2, 0) is 20.4 Å². The minimum absolute atomic E-state index is 0.0696. The lowest BCUT2D eigenvalue weighted by Crippen LogP contribution is -2.46. The smallest absolute Gasteiger partial charge is 0.222 e. The lowest BCUT2D eigenvalue weighted by molar-refractivity contribution is -0.134. The molecule has 0 radical (unpaired) electrons. The molecule has 1 fully saturated rings. The van der Waals surface area contributed by atoms with Crippen LogP contribution in [0.4, 0.5) is 0 Å². The van der Waals surface area contributed by atoms with Crippen LogP contribution in [0.15, 0.2) is 33.6 Å². The number of hydrogen-bond acceptors (Lipinski definition) is 3. The van der Waals surface area contributed by atoms with Crippen molar-refractivity contribution in [3.8, 4) is 0 Å². The average molecular weight is 429 g/mol. The van der Waals surface area contributed by atoms with Crippen LogP contribution in [-0.4, -0.2) is 57.8 Å². The molecule has 2 rings (SSSR count). The maximum atomic E-state index is 12.3. The van der Waals surface area contributed by atoms with Gasteiger partial charge in [0.25, 0.3) is 0 Å². The summed E-state index contributed by atoms with van der Waals surface area (Å²) in [6.07, 6.45) is 2.70. The van der Waals surface area contributed by atoms with E-state index < -0.39 is 10.8 Å². The highest BCUT2D eigenvalue weighted by Gasteiger charge is 2.26. The largest absolute Gasteiger partial charge is 0.343 e. The van der Waals surface area contributed by atoms with Gasteiger partial charge < -0.3 is 9.80 Å². The molecule has 0 aliphatic carbocycles. The van der Waals surface area contributed by atoms with Gasteiger partial charge in [0.15, 0.2) is 0 Å². The van der Waals surface area contributed by atoms with Crippen molar-refractivity contribution in [1.82, 2.24) is 9.80 Å². The number of likely N-dealkylation sites (tertiary alicyclic amines) is 1. The van der Waals surface area contributed by atoms with Gasteiger partial charge in [-0.3, -0.25) is 13.8 Å². The standard InChI is InChI=1S/C18H25BrN2O3S/c1-14(22)20(2)16-9-11-21(12-10-16)18(23)4-3-13-25(24)17-7-5-15(19)6-8-17/h5-8,16H,3-4,9-13H2,1-2H3. The molecular weight excluding hydrogens is 404 g/mol. The number of carbonyl (C=O) groups is 2. The van der Waals surface area contributed by atoms with Gasteiger partial charge in [-0.2, -0.15) is 0 Å². The Morgan fingerprint density at radius 3 is 2.40 bits per heavy atom. The monoisotopic (exact) mass is 428 g/mol. The summed E-state index contributed by atoms with van der Waals surface area (Å²) in [6, 6.07) is 7.67. The van der Waals surface area contributed by atoms with E-state index in [0.717, 1.165) is 22.2 Å². The van der Waals surface area contributed by atoms with Gasteiger partial charge in [-0.1, -0.05) is 15.9 Å². The highest BCUT2D eigenvalue weighted by Crippen LogP contribution is 2.17. The molecule has 1 atom stereocenters. The van der Waals surface area contributed by atoms with Crippen molar-refractivity contribution in [2.24, 2.45) is 0 Å². The van der Waals surface area contributed by atoms with E-state index in [1.165, 1.54) is 0 Å². The third kappa shape index (κ3) is 5.92. The molecule has 0 aromatic heterocycles. The molecule has 0 saturated carbocycles. The summed E-state index contributed by atoms with van der Waals surface area (Å²) >= 11 is 3.36. The summed E-state index contributed by atoms with van der Waals surface area (Å²) in [4.78, 5) is 28.2. The van der Waals surface area contributed by atoms with Crippen LogP contribution in [0.1, 0.15) is 32.6 Å². The number of rotatable bonds is 6. The van der Waals surface area contributed by atoms with Crippen LogP contribution in [0.2, 0.25) is 0 Å². The van der Waals surface area contributed by atoms with Gasteiger partial charge in [-0.05, 0) is 43.5 Å². The molecule has 7 heteroatoms. The molecule has 1 aromatic carbocycles. The van der Waals surface area contributed by atoms with Gasteiger partial charge in [-0.15, -0.1) is 0 Å². The number of carbonyl (C=O) groups excluding carboxylic acids is 2. The average Bonchev–Trinajstić information content (AvgIpc) is 2.61. The van der Waals surface area contributed by atoms with Gasteiger partial charge in [0, 0.05) is 54.6 Å². The zero-order valence-corrected chi connectivity index (χ0v) is 17.1. The van der Waals surface area contributed by atoms with Crippen LogP contribution in [0, 0.1) is 0 Å². The molecule has 25 heavy (non-hydrogen) atoms. The van der Waals surface area contributed by atoms with E-state index in [1.807, 2.05) is 36.2 Å². The van der Waals surface area contributed by atoms with Crippen molar-refractivity contribution in [2.75, 3.05) is 25.9 Å². The number of benzene rings is 1. The van der Waals surface area contributed by atoms with Gasteiger partial charge in [0.05, 0.1) is 10.8 Å². The predicted octanol–water partition coefficient (Wildman–Crippen LogP) is 2.81. The normalized spacial score (nSPS) is 16.5. The van der Waals surface area contributed by atoms with E-state index in [9.17, 15) is 13.8 Å². The maximum absolute atomic E-state index is 12.3. The van der Waals surface area contributed by atoms with Crippen LogP contribution < -0.4 is 0 Å². The van der Waals surface area contributed by atoms with Crippen molar-refractivity contribution >= 4 is 38.5 Å². The first-order chi connectivity index (χ1) is 11.9. The minimum atomic E-state index is -1.07. The Morgan fingerprint density at radius 2 is 1.84 bits per heavy atom. The Labute approximate surface area is 160 Å². The van der Waals surface area contributed by atoms with Gasteiger partial charge in [0.1, 0.15) is 0 Å². The molecule has 138 valence electrons. The fourth-order valence-electron chi connectivity index (χ4n) is 2.98. The highest BCUT2D eigenvalue weighted by molar-refractivity contribution is 9.10. The molecule has 1 aliphatic rings. The first-order valence-electron chi connectivity index (χ1n) is 8.53. The van der Waals surface area contributed by atoms with Crippen molar-refractivity contribution in [3.05, 3.63) is 28.7 Å². The Balaban J connectivity index is 1.71. The van der Waals surface area contributed by atoms with Crippen LogP contribution in [0.3, 0.4) is 0 Å². The van der Waals surface area contributed by atoms with Crippen molar-refractivity contribution < 1.29 is 13.8 Å². The summed E-state index contributed by atoms with van der Waals surface area (Å²) in [5, 5.41) is 0. The van der Waals surface area contributed by atoms with Crippen LogP contribution in [0.25, 0.3) is 0 Å². The first kappa shape index (κ1) is 20.1. The fourth-order valence-corrected chi connectivity index (χ4v) is 4.32. The first-order valence-corrected chi connectivity index (χ1v) is 10.6. The molecule has 1 aromatic rings. The number of piperidine rings is 1. The molecule has 1 saturated heterocycles. The van der Waals surface area contributed by atoms with Gasteiger partial charge in [0.2, 0.25) is 11.8 Å². The zero-order chi connectivity index (χ0) is 18.4. The fraction of sp³-hybridized carbons (Fsp3) is 0.556. The van der Waals surface area contributed by atoms with E-state index in [-0.39, 0.29) is 17.9 Å². The lowest BCUT2D eigenvalue weighted by Gasteiger charge is -2.36. The molecule has 0 bridgehead atoms. The second-order valence-electron chi connectivity index (χ2n) is 6.35. The molecule has 5 nitrogen and oxygen atoms in total. The number of amides is 2. The zero-order valence-electron chi connectivity index (χ0n) is 14.7. The molecule has 1 unspecified atom stereocenters. The summed E-state index contributed by atoms with van der Waals surface area (Å²) in [7, 11) is 0.755. The maximum Gasteiger partial charge on any atom is 0.222 e. The van der Waals surface area contributed by atoms with Gasteiger partial charge in [-0.25, -0.2) is 0 Å². The predicted molar refractivity (Wildman–Crippen MR) is 103 cm³/mol. The second-order valence-corrected chi connectivity index (χ2v) is 8.84. The highest BCUT2D eigenvalue weighted by atomic mass is 79.9. The Kier molecular flexibility index (Phi) is 7.62. The molecular formula is C18H25BrN2O3S. The summed E-state index contributed by atoms with van der Waals surface area (Å²) in [6.45, 7) is 2.96. The lowest BCUT2D eigenvalue weighted by atomic mass is 10.0. The van der Waals surface area contributed by atoms with Crippen molar-refractivity contribution in [3.63, 3.8) is 0 Å². The van der Waals surface area contributed by atoms with Crippen LogP contribution in [0.5, 0.6) is 0 Å². The van der Waals surface area contributed by atoms with Crippen LogP contribution >= 0.6 is 15.9 Å². The number of halogens is 1. The Hall–Kier alpha value is -1.21. The van der Waals surface area contributed by atoms with E-state index in [2.05, 4.69) is 15.9 Å². The van der Waals surface area contributed by atoms with Crippen molar-refractivity contribution in [2.45, 2.75) is 43.5 Å². The minimum Gasteiger partial charge on any atom is -0.343 e. The third-order valence-corrected chi connectivity index (χ3v) is 6.64.